The lowest BCUT2D eigenvalue weighted by Gasteiger charge is -2.33. The molecule has 2 N–H and O–H groups in total. The summed E-state index contributed by atoms with van der Waals surface area (Å²) < 4.78 is 48.8. The number of hydrogen-bond acceptors (Lipinski definition) is 6. The summed E-state index contributed by atoms with van der Waals surface area (Å²) in [5.41, 5.74) is 6.58. The van der Waals surface area contributed by atoms with Crippen molar-refractivity contribution in [1.29, 1.82) is 0 Å². The van der Waals surface area contributed by atoms with Crippen LogP contribution in [-0.4, -0.2) is 45.1 Å². The van der Waals surface area contributed by atoms with Gasteiger partial charge in [0.15, 0.2) is 11.6 Å². The van der Waals surface area contributed by atoms with Gasteiger partial charge in [-0.3, -0.25) is 0 Å². The van der Waals surface area contributed by atoms with Gasteiger partial charge in [-0.25, -0.2) is 18.2 Å². The van der Waals surface area contributed by atoms with Gasteiger partial charge in [-0.05, 0) is 19.3 Å². The van der Waals surface area contributed by atoms with Crippen LogP contribution >= 0.6 is 0 Å². The van der Waals surface area contributed by atoms with E-state index in [0.717, 1.165) is 25.0 Å². The standard InChI is InChI=1S/C18H19F3N6O/c19-10-3-4-26(7-13(10)22)18-23-14-5-11(20)12(21)6-15(14)27(18)8-16-24-25-17(28-16)9-1-2-9/h5-6,9-10,13H,1-4,7-8,22H2/t10-,13-/m1/s1. The summed E-state index contributed by atoms with van der Waals surface area (Å²) in [4.78, 5) is 6.29. The SMILES string of the molecule is N[C@@H]1CN(c2nc3cc(F)c(F)cc3n2Cc2nnc(C3CC3)o2)CC[C@H]1F. The first-order valence-corrected chi connectivity index (χ1v) is 9.31. The smallest absolute Gasteiger partial charge is 0.236 e. The maximum Gasteiger partial charge on any atom is 0.236 e. The van der Waals surface area contributed by atoms with Crippen LogP contribution in [-0.2, 0) is 6.54 Å². The van der Waals surface area contributed by atoms with Gasteiger partial charge in [0.05, 0.1) is 17.1 Å². The zero-order valence-corrected chi connectivity index (χ0v) is 15.0. The second-order valence-electron chi connectivity index (χ2n) is 7.48. The predicted molar refractivity (Wildman–Crippen MR) is 94.7 cm³/mol. The van der Waals surface area contributed by atoms with Crippen molar-refractivity contribution < 1.29 is 17.6 Å². The van der Waals surface area contributed by atoms with Crippen molar-refractivity contribution in [1.82, 2.24) is 19.7 Å². The minimum absolute atomic E-state index is 0.154. The number of aromatic nitrogens is 4. The Hall–Kier alpha value is -2.62. The highest BCUT2D eigenvalue weighted by atomic mass is 19.2. The van der Waals surface area contributed by atoms with Crippen molar-refractivity contribution in [2.75, 3.05) is 18.0 Å². The van der Waals surface area contributed by atoms with Gasteiger partial charge >= 0.3 is 0 Å². The lowest BCUT2D eigenvalue weighted by molar-refractivity contribution is 0.243. The molecule has 5 rings (SSSR count). The van der Waals surface area contributed by atoms with Crippen molar-refractivity contribution in [3.63, 3.8) is 0 Å². The molecule has 1 aromatic carbocycles. The summed E-state index contributed by atoms with van der Waals surface area (Å²) in [6, 6.07) is 1.50. The third-order valence-electron chi connectivity index (χ3n) is 5.33. The number of benzene rings is 1. The largest absolute Gasteiger partial charge is 0.423 e. The second-order valence-corrected chi connectivity index (χ2v) is 7.48. The fraction of sp³-hybridized carbons (Fsp3) is 0.500. The highest BCUT2D eigenvalue weighted by molar-refractivity contribution is 5.79. The Balaban J connectivity index is 1.56. The van der Waals surface area contributed by atoms with Crippen molar-refractivity contribution in [3.8, 4) is 0 Å². The quantitative estimate of drug-likeness (QED) is 0.734. The van der Waals surface area contributed by atoms with Gasteiger partial charge in [-0.1, -0.05) is 0 Å². The van der Waals surface area contributed by atoms with E-state index in [1.807, 2.05) is 4.90 Å². The molecule has 1 aliphatic carbocycles. The van der Waals surface area contributed by atoms with Gasteiger partial charge in [0.2, 0.25) is 17.7 Å². The summed E-state index contributed by atoms with van der Waals surface area (Å²) in [7, 11) is 0. The molecular weight excluding hydrogens is 373 g/mol. The molecule has 0 radical (unpaired) electrons. The molecule has 10 heteroatoms. The fourth-order valence-corrected chi connectivity index (χ4v) is 3.60. The summed E-state index contributed by atoms with van der Waals surface area (Å²) >= 11 is 0. The van der Waals surface area contributed by atoms with Gasteiger partial charge in [0, 0.05) is 31.1 Å². The minimum Gasteiger partial charge on any atom is -0.423 e. The highest BCUT2D eigenvalue weighted by Gasteiger charge is 2.31. The van der Waals surface area contributed by atoms with E-state index in [1.165, 1.54) is 0 Å². The van der Waals surface area contributed by atoms with Crippen LogP contribution < -0.4 is 10.6 Å². The number of imidazole rings is 1. The number of rotatable bonds is 4. The van der Waals surface area contributed by atoms with Crippen molar-refractivity contribution in [3.05, 3.63) is 35.5 Å². The Kier molecular flexibility index (Phi) is 4.04. The van der Waals surface area contributed by atoms with E-state index in [0.29, 0.717) is 41.2 Å². The monoisotopic (exact) mass is 392 g/mol. The van der Waals surface area contributed by atoms with Crippen LogP contribution in [0.4, 0.5) is 19.1 Å². The number of nitrogens with zero attached hydrogens (tertiary/aromatic N) is 5. The van der Waals surface area contributed by atoms with Crippen LogP contribution in [0.25, 0.3) is 11.0 Å². The molecule has 0 bridgehead atoms. The van der Waals surface area contributed by atoms with E-state index in [2.05, 4.69) is 15.2 Å². The molecule has 1 aliphatic heterocycles. The molecule has 3 heterocycles. The highest BCUT2D eigenvalue weighted by Crippen LogP contribution is 2.39. The molecule has 0 amide bonds. The average Bonchev–Trinajstić information content (AvgIpc) is 3.33. The van der Waals surface area contributed by atoms with E-state index < -0.39 is 23.8 Å². The van der Waals surface area contributed by atoms with Crippen LogP contribution in [0.1, 0.15) is 37.0 Å². The lowest BCUT2D eigenvalue weighted by Crippen LogP contribution is -2.50. The number of nitrogens with two attached hydrogens (primary N) is 1. The van der Waals surface area contributed by atoms with Gasteiger partial charge in [-0.15, -0.1) is 10.2 Å². The van der Waals surface area contributed by atoms with Crippen LogP contribution in [0.15, 0.2) is 16.5 Å². The zero-order chi connectivity index (χ0) is 19.4. The van der Waals surface area contributed by atoms with Crippen molar-refractivity contribution in [2.24, 2.45) is 5.73 Å². The second kappa shape index (κ2) is 6.47. The molecule has 1 saturated heterocycles. The number of piperidine rings is 1. The predicted octanol–water partition coefficient (Wildman–Crippen LogP) is 2.50. The summed E-state index contributed by atoms with van der Waals surface area (Å²) in [5.74, 6) is -0.225. The van der Waals surface area contributed by atoms with E-state index >= 15 is 0 Å². The van der Waals surface area contributed by atoms with Crippen LogP contribution in [0.5, 0.6) is 0 Å². The van der Waals surface area contributed by atoms with E-state index in [1.54, 1.807) is 4.57 Å². The number of fused-ring (bicyclic) bond motifs is 1. The Morgan fingerprint density at radius 2 is 1.93 bits per heavy atom. The van der Waals surface area contributed by atoms with E-state index in [9.17, 15) is 13.2 Å². The van der Waals surface area contributed by atoms with Crippen molar-refractivity contribution >= 4 is 17.0 Å². The van der Waals surface area contributed by atoms with Crippen LogP contribution in [0.2, 0.25) is 0 Å². The normalized spacial score (nSPS) is 22.9. The third-order valence-corrected chi connectivity index (χ3v) is 5.33. The molecule has 148 valence electrons. The molecule has 0 unspecified atom stereocenters. The molecule has 2 aromatic heterocycles. The summed E-state index contributed by atoms with van der Waals surface area (Å²) in [6.07, 6.45) is 1.24. The molecule has 3 aromatic rings. The first-order valence-electron chi connectivity index (χ1n) is 9.31. The van der Waals surface area contributed by atoms with E-state index in [4.69, 9.17) is 10.2 Å². The third kappa shape index (κ3) is 3.01. The fourth-order valence-electron chi connectivity index (χ4n) is 3.60. The van der Waals surface area contributed by atoms with Gasteiger partial charge in [0.1, 0.15) is 12.7 Å². The lowest BCUT2D eigenvalue weighted by atomic mass is 10.1. The first-order chi connectivity index (χ1) is 13.5. The molecular formula is C18H19F3N6O. The zero-order valence-electron chi connectivity index (χ0n) is 15.0. The maximum atomic E-state index is 13.9. The van der Waals surface area contributed by atoms with Gasteiger partial charge in [-0.2, -0.15) is 0 Å². The van der Waals surface area contributed by atoms with Gasteiger partial charge in [0.25, 0.3) is 0 Å². The molecule has 7 nitrogen and oxygen atoms in total. The summed E-state index contributed by atoms with van der Waals surface area (Å²) in [5, 5.41) is 8.14. The molecule has 0 spiro atoms. The number of halogens is 3. The average molecular weight is 392 g/mol. The van der Waals surface area contributed by atoms with Gasteiger partial charge < -0.3 is 19.6 Å². The molecule has 1 saturated carbocycles. The molecule has 28 heavy (non-hydrogen) atoms. The molecule has 2 fully saturated rings. The molecule has 2 atom stereocenters. The number of anilines is 1. The Morgan fingerprint density at radius 3 is 2.68 bits per heavy atom. The minimum atomic E-state index is -1.08. The Labute approximate surface area is 158 Å². The summed E-state index contributed by atoms with van der Waals surface area (Å²) in [6.45, 7) is 0.814. The first kappa shape index (κ1) is 17.5. The topological polar surface area (TPSA) is 86.0 Å². The van der Waals surface area contributed by atoms with E-state index in [-0.39, 0.29) is 19.5 Å². The molecule has 2 aliphatic rings. The van der Waals surface area contributed by atoms with Crippen LogP contribution in [0, 0.1) is 11.6 Å². The Bertz CT molecular complexity index is 1030. The number of alkyl halides is 1. The maximum absolute atomic E-state index is 13.9. The Morgan fingerprint density at radius 1 is 1.14 bits per heavy atom. The van der Waals surface area contributed by atoms with Crippen molar-refractivity contribution in [2.45, 2.75) is 43.9 Å². The van der Waals surface area contributed by atoms with Crippen LogP contribution in [0.3, 0.4) is 0 Å². The number of hydrogen-bond donors (Lipinski definition) is 1.